The van der Waals surface area contributed by atoms with Crippen molar-refractivity contribution in [3.05, 3.63) is 48.2 Å². The minimum Gasteiger partial charge on any atom is -0.459 e. The van der Waals surface area contributed by atoms with Gasteiger partial charge >= 0.3 is 12.0 Å². The number of rotatable bonds is 6. The highest BCUT2D eigenvalue weighted by molar-refractivity contribution is 5.91. The van der Waals surface area contributed by atoms with Crippen molar-refractivity contribution in [2.45, 2.75) is 25.9 Å². The third-order valence-corrected chi connectivity index (χ3v) is 5.42. The maximum Gasteiger partial charge on any atom is 0.414 e. The van der Waals surface area contributed by atoms with E-state index in [0.29, 0.717) is 37.3 Å². The number of benzene rings is 1. The number of furan rings is 1. The number of hydroxylamine groups is 2. The van der Waals surface area contributed by atoms with Crippen LogP contribution >= 0.6 is 0 Å². The van der Waals surface area contributed by atoms with Gasteiger partial charge in [-0.1, -0.05) is 0 Å². The molecule has 0 radical (unpaired) electrons. The Bertz CT molecular complexity index is 996. The number of ketones is 1. The number of nitrogens with zero attached hydrogens (tertiary/aromatic N) is 3. The van der Waals surface area contributed by atoms with Crippen LogP contribution in [0.15, 0.2) is 41.0 Å². The monoisotopic (exact) mass is 445 g/mol. The molecule has 1 aromatic carbocycles. The summed E-state index contributed by atoms with van der Waals surface area (Å²) in [4.78, 5) is 44.4. The van der Waals surface area contributed by atoms with Crippen LogP contribution < -0.4 is 9.80 Å². The highest BCUT2D eigenvalue weighted by Gasteiger charge is 2.33. The summed E-state index contributed by atoms with van der Waals surface area (Å²) in [6.07, 6.45) is 1.24. The number of amides is 2. The Kier molecular flexibility index (Phi) is 6.40. The first-order valence-corrected chi connectivity index (χ1v) is 10.4. The Morgan fingerprint density at radius 3 is 2.75 bits per heavy atom. The number of cyclic esters (lactones) is 1. The third kappa shape index (κ3) is 4.75. The van der Waals surface area contributed by atoms with E-state index >= 15 is 0 Å². The van der Waals surface area contributed by atoms with Crippen LogP contribution in [-0.4, -0.2) is 61.7 Å². The van der Waals surface area contributed by atoms with E-state index < -0.39 is 18.0 Å². The normalized spacial score (nSPS) is 19.1. The van der Waals surface area contributed by atoms with E-state index in [-0.39, 0.29) is 37.1 Å². The average molecular weight is 445 g/mol. The van der Waals surface area contributed by atoms with Crippen molar-refractivity contribution in [3.63, 3.8) is 0 Å². The molecule has 3 heterocycles. The molecule has 170 valence electrons. The molecule has 2 aromatic rings. The summed E-state index contributed by atoms with van der Waals surface area (Å²) in [6.45, 7) is 2.94. The molecule has 2 saturated heterocycles. The summed E-state index contributed by atoms with van der Waals surface area (Å²) in [6, 6.07) is 7.73. The quantitative estimate of drug-likeness (QED) is 0.675. The number of carbonyl (C=O) groups excluding carboxylic acids is 3. The maximum absolute atomic E-state index is 15.0. The number of hydrogen-bond donors (Lipinski definition) is 0. The van der Waals surface area contributed by atoms with Gasteiger partial charge in [-0.05, 0) is 43.7 Å². The van der Waals surface area contributed by atoms with Gasteiger partial charge in [-0.15, -0.1) is 0 Å². The fourth-order valence-corrected chi connectivity index (χ4v) is 3.74. The van der Waals surface area contributed by atoms with Crippen molar-refractivity contribution in [1.29, 1.82) is 0 Å². The topological polar surface area (TPSA) is 92.5 Å². The molecule has 0 bridgehead atoms. The van der Waals surface area contributed by atoms with Gasteiger partial charge in [0.15, 0.2) is 5.76 Å². The largest absolute Gasteiger partial charge is 0.459 e. The van der Waals surface area contributed by atoms with E-state index in [9.17, 15) is 18.8 Å². The van der Waals surface area contributed by atoms with Gasteiger partial charge in [-0.25, -0.2) is 14.2 Å². The van der Waals surface area contributed by atoms with Crippen LogP contribution in [0.5, 0.6) is 0 Å². The Morgan fingerprint density at radius 1 is 1.19 bits per heavy atom. The lowest BCUT2D eigenvalue weighted by atomic mass is 10.1. The lowest BCUT2D eigenvalue weighted by Crippen LogP contribution is -2.34. The summed E-state index contributed by atoms with van der Waals surface area (Å²) in [5.74, 6) is -0.679. The van der Waals surface area contributed by atoms with Gasteiger partial charge in [-0.2, -0.15) is 0 Å². The number of carbonyl (C=O) groups is 3. The zero-order valence-corrected chi connectivity index (χ0v) is 17.7. The van der Waals surface area contributed by atoms with E-state index in [2.05, 4.69) is 0 Å². The van der Waals surface area contributed by atoms with Gasteiger partial charge in [0.1, 0.15) is 17.7 Å². The lowest BCUT2D eigenvalue weighted by molar-refractivity contribution is -0.117. The highest BCUT2D eigenvalue weighted by Crippen LogP contribution is 2.29. The molecule has 0 aliphatic carbocycles. The second-order valence-corrected chi connectivity index (χ2v) is 7.70. The van der Waals surface area contributed by atoms with Gasteiger partial charge in [0.05, 0.1) is 37.3 Å². The molecule has 2 amide bonds. The van der Waals surface area contributed by atoms with Crippen molar-refractivity contribution in [2.24, 2.45) is 0 Å². The molecule has 9 nitrogen and oxygen atoms in total. The van der Waals surface area contributed by atoms with Crippen LogP contribution in [0.1, 0.15) is 30.3 Å². The van der Waals surface area contributed by atoms with Crippen LogP contribution in [0.25, 0.3) is 0 Å². The molecular formula is C22H24FN3O6. The Hall–Kier alpha value is -3.40. The predicted octanol–water partition coefficient (Wildman–Crippen LogP) is 3.01. The summed E-state index contributed by atoms with van der Waals surface area (Å²) >= 11 is 0. The minimum absolute atomic E-state index is 0.0285. The van der Waals surface area contributed by atoms with Crippen LogP contribution in [0.4, 0.5) is 20.6 Å². The minimum atomic E-state index is -0.555. The summed E-state index contributed by atoms with van der Waals surface area (Å²) in [7, 11) is 0. The molecule has 2 aliphatic rings. The fraction of sp³-hybridized carbons (Fsp3) is 0.409. The SMILES string of the molecule is CC(=O)CC[C@H]1CN(c2ccc(N3CCON(C(=O)c4ccco4)CC3)c(F)c2)C(=O)O1. The maximum atomic E-state index is 15.0. The van der Waals surface area contributed by atoms with E-state index in [0.717, 1.165) is 0 Å². The zero-order valence-electron chi connectivity index (χ0n) is 17.7. The second-order valence-electron chi connectivity index (χ2n) is 7.70. The van der Waals surface area contributed by atoms with Crippen molar-refractivity contribution < 1.29 is 32.8 Å². The second kappa shape index (κ2) is 9.39. The third-order valence-electron chi connectivity index (χ3n) is 5.42. The van der Waals surface area contributed by atoms with Gasteiger partial charge in [-0.3, -0.25) is 14.5 Å². The number of hydrogen-bond acceptors (Lipinski definition) is 7. The lowest BCUT2D eigenvalue weighted by Gasteiger charge is -2.23. The molecule has 1 aromatic heterocycles. The first kappa shape index (κ1) is 21.8. The molecule has 2 aliphatic heterocycles. The van der Waals surface area contributed by atoms with E-state index in [1.807, 2.05) is 0 Å². The number of halogens is 1. The smallest absolute Gasteiger partial charge is 0.414 e. The number of anilines is 2. The molecule has 32 heavy (non-hydrogen) atoms. The molecule has 0 spiro atoms. The van der Waals surface area contributed by atoms with Crippen molar-refractivity contribution in [2.75, 3.05) is 42.6 Å². The van der Waals surface area contributed by atoms with Crippen molar-refractivity contribution in [3.8, 4) is 0 Å². The predicted molar refractivity (Wildman–Crippen MR) is 112 cm³/mol. The Labute approximate surface area is 184 Å². The van der Waals surface area contributed by atoms with E-state index in [1.54, 1.807) is 29.2 Å². The van der Waals surface area contributed by atoms with Crippen molar-refractivity contribution in [1.82, 2.24) is 5.06 Å². The molecule has 2 fully saturated rings. The van der Waals surface area contributed by atoms with E-state index in [4.69, 9.17) is 14.0 Å². The molecule has 0 saturated carbocycles. The van der Waals surface area contributed by atoms with Crippen LogP contribution in [0.3, 0.4) is 0 Å². The fourth-order valence-electron chi connectivity index (χ4n) is 3.74. The summed E-state index contributed by atoms with van der Waals surface area (Å²) in [5, 5.41) is 1.21. The first-order valence-electron chi connectivity index (χ1n) is 10.4. The molecule has 1 atom stereocenters. The summed E-state index contributed by atoms with van der Waals surface area (Å²) in [5.41, 5.74) is 0.743. The molecule has 10 heteroatoms. The van der Waals surface area contributed by atoms with Crippen molar-refractivity contribution >= 4 is 29.2 Å². The van der Waals surface area contributed by atoms with E-state index in [1.165, 1.54) is 29.2 Å². The average Bonchev–Trinajstić information content (AvgIpc) is 3.36. The van der Waals surface area contributed by atoms with Gasteiger partial charge in [0, 0.05) is 19.5 Å². The van der Waals surface area contributed by atoms with Crippen LogP contribution in [-0.2, 0) is 14.4 Å². The van der Waals surface area contributed by atoms with Gasteiger partial charge in [0.2, 0.25) is 0 Å². The number of ether oxygens (including phenoxy) is 1. The first-order chi connectivity index (χ1) is 15.4. The molecule has 0 unspecified atom stereocenters. The Morgan fingerprint density at radius 2 is 2.03 bits per heavy atom. The summed E-state index contributed by atoms with van der Waals surface area (Å²) < 4.78 is 25.4. The zero-order chi connectivity index (χ0) is 22.7. The molecular weight excluding hydrogens is 421 g/mol. The van der Waals surface area contributed by atoms with Crippen LogP contribution in [0, 0.1) is 5.82 Å². The standard InChI is InChI=1S/C22H24FN3O6/c1-15(27)4-6-17-14-25(22(29)32-17)16-5-7-19(18(23)13-16)24-8-9-26(31-12-10-24)21(28)20-3-2-11-30-20/h2-3,5,7,11,13,17H,4,6,8-10,12,14H2,1H3/t17-/m0/s1. The highest BCUT2D eigenvalue weighted by atomic mass is 19.1. The van der Waals surface area contributed by atoms with Gasteiger partial charge in [0.25, 0.3) is 0 Å². The van der Waals surface area contributed by atoms with Gasteiger partial charge < -0.3 is 18.8 Å². The molecule has 0 N–H and O–H groups in total. The number of Topliss-reactive ketones (excluding diaryl/α,β-unsaturated/α-hetero) is 1. The van der Waals surface area contributed by atoms with Crippen LogP contribution in [0.2, 0.25) is 0 Å². The molecule has 4 rings (SSSR count). The Balaban J connectivity index is 1.40.